The third-order valence-corrected chi connectivity index (χ3v) is 2.55. The Labute approximate surface area is 111 Å². The summed E-state index contributed by atoms with van der Waals surface area (Å²) in [7, 11) is 3.42. The van der Waals surface area contributed by atoms with Gasteiger partial charge in [-0.2, -0.15) is 4.99 Å². The monoisotopic (exact) mass is 265 g/mol. The van der Waals surface area contributed by atoms with Gasteiger partial charge in [0, 0.05) is 20.6 Å². The predicted molar refractivity (Wildman–Crippen MR) is 75.3 cm³/mol. The van der Waals surface area contributed by atoms with Crippen molar-refractivity contribution >= 4 is 11.9 Å². The molecule has 104 valence electrons. The first-order chi connectivity index (χ1) is 8.93. The van der Waals surface area contributed by atoms with Gasteiger partial charge in [-0.05, 0) is 24.1 Å². The Hall–Kier alpha value is -2.44. The molecule has 0 unspecified atom stereocenters. The number of aliphatic imine (C=N–C) groups is 2. The van der Waals surface area contributed by atoms with Crippen molar-refractivity contribution in [2.24, 2.45) is 21.5 Å². The molecule has 0 spiro atoms. The van der Waals surface area contributed by atoms with Gasteiger partial charge in [0.2, 0.25) is 5.96 Å². The highest BCUT2D eigenvalue weighted by atomic mass is 16.3. The fraction of sp³-hybridized carbons (Fsp3) is 0.333. The van der Waals surface area contributed by atoms with Gasteiger partial charge in [-0.3, -0.25) is 4.99 Å². The van der Waals surface area contributed by atoms with Crippen LogP contribution >= 0.6 is 0 Å². The lowest BCUT2D eigenvalue weighted by Gasteiger charge is -2.17. The van der Waals surface area contributed by atoms with E-state index in [1.165, 1.54) is 12.1 Å². The highest BCUT2D eigenvalue weighted by Gasteiger charge is 2.06. The molecule has 1 aromatic rings. The van der Waals surface area contributed by atoms with Crippen LogP contribution in [0.15, 0.2) is 28.2 Å². The quantitative estimate of drug-likeness (QED) is 0.343. The molecule has 19 heavy (non-hydrogen) atoms. The first-order valence-electron chi connectivity index (χ1n) is 5.72. The molecule has 0 saturated carbocycles. The molecule has 0 fully saturated rings. The van der Waals surface area contributed by atoms with Crippen molar-refractivity contribution in [1.82, 2.24) is 4.90 Å². The van der Waals surface area contributed by atoms with Crippen LogP contribution in [0.2, 0.25) is 0 Å². The minimum atomic E-state index is -0.131. The summed E-state index contributed by atoms with van der Waals surface area (Å²) in [5.41, 5.74) is 11.5. The maximum absolute atomic E-state index is 9.40. The van der Waals surface area contributed by atoms with Crippen molar-refractivity contribution in [2.45, 2.75) is 6.42 Å². The predicted octanol–water partition coefficient (Wildman–Crippen LogP) is -0.169. The Kier molecular flexibility index (Phi) is 4.99. The molecule has 6 N–H and O–H groups in total. The van der Waals surface area contributed by atoms with Gasteiger partial charge in [0.05, 0.1) is 0 Å². The van der Waals surface area contributed by atoms with Gasteiger partial charge in [-0.25, -0.2) is 0 Å². The molecule has 0 aliphatic rings. The van der Waals surface area contributed by atoms with E-state index in [9.17, 15) is 10.2 Å². The van der Waals surface area contributed by atoms with E-state index in [0.29, 0.717) is 18.9 Å². The lowest BCUT2D eigenvalue weighted by Crippen LogP contribution is -2.32. The maximum atomic E-state index is 9.40. The summed E-state index contributed by atoms with van der Waals surface area (Å²) in [6.45, 7) is 0.619. The molecule has 0 heterocycles. The van der Waals surface area contributed by atoms with Crippen LogP contribution < -0.4 is 11.5 Å². The van der Waals surface area contributed by atoms with Crippen molar-refractivity contribution in [3.63, 3.8) is 0 Å². The summed E-state index contributed by atoms with van der Waals surface area (Å²) in [5.74, 6) is 0.125. The van der Waals surface area contributed by atoms with Crippen molar-refractivity contribution in [2.75, 3.05) is 20.6 Å². The summed E-state index contributed by atoms with van der Waals surface area (Å²) in [6.07, 6.45) is 0.656. The molecule has 7 heteroatoms. The molecule has 0 amide bonds. The van der Waals surface area contributed by atoms with Crippen LogP contribution in [0.1, 0.15) is 5.56 Å². The Morgan fingerprint density at radius 2 is 1.95 bits per heavy atom. The van der Waals surface area contributed by atoms with Crippen molar-refractivity contribution in [3.8, 4) is 11.5 Å². The van der Waals surface area contributed by atoms with Gasteiger partial charge in [-0.15, -0.1) is 0 Å². The van der Waals surface area contributed by atoms with E-state index in [1.54, 1.807) is 18.0 Å². The number of benzene rings is 1. The summed E-state index contributed by atoms with van der Waals surface area (Å²) < 4.78 is 0. The van der Waals surface area contributed by atoms with Gasteiger partial charge >= 0.3 is 0 Å². The lowest BCUT2D eigenvalue weighted by molar-refractivity contribution is 0.402. The molecule has 0 bridgehead atoms. The average molecular weight is 265 g/mol. The largest absolute Gasteiger partial charge is 0.504 e. The maximum Gasteiger partial charge on any atom is 0.223 e. The minimum absolute atomic E-state index is 0.0465. The second-order valence-electron chi connectivity index (χ2n) is 4.05. The van der Waals surface area contributed by atoms with E-state index in [2.05, 4.69) is 9.98 Å². The van der Waals surface area contributed by atoms with E-state index < -0.39 is 0 Å². The van der Waals surface area contributed by atoms with Crippen molar-refractivity contribution in [1.29, 1.82) is 0 Å². The molecule has 0 aliphatic heterocycles. The number of hydrogen-bond donors (Lipinski definition) is 4. The van der Waals surface area contributed by atoms with Crippen LogP contribution in [0.3, 0.4) is 0 Å². The minimum Gasteiger partial charge on any atom is -0.504 e. The fourth-order valence-corrected chi connectivity index (χ4v) is 1.54. The first kappa shape index (κ1) is 14.6. The molecule has 0 saturated heterocycles. The molecule has 0 aromatic heterocycles. The number of nitrogens with zero attached hydrogens (tertiary/aromatic N) is 3. The fourth-order valence-electron chi connectivity index (χ4n) is 1.54. The number of phenols is 2. The number of hydrogen-bond acceptors (Lipinski definition) is 3. The van der Waals surface area contributed by atoms with Crippen LogP contribution in [0.5, 0.6) is 11.5 Å². The number of aromatic hydroxyl groups is 2. The van der Waals surface area contributed by atoms with Gasteiger partial charge in [0.1, 0.15) is 0 Å². The van der Waals surface area contributed by atoms with Crippen LogP contribution in [0.4, 0.5) is 0 Å². The Bertz CT molecular complexity index is 495. The molecule has 7 nitrogen and oxygen atoms in total. The number of guanidine groups is 2. The molecule has 0 atom stereocenters. The Balaban J connectivity index is 2.65. The smallest absolute Gasteiger partial charge is 0.223 e. The van der Waals surface area contributed by atoms with E-state index in [-0.39, 0.29) is 17.5 Å². The highest BCUT2D eigenvalue weighted by molar-refractivity contribution is 5.93. The van der Waals surface area contributed by atoms with Gasteiger partial charge < -0.3 is 26.6 Å². The van der Waals surface area contributed by atoms with Crippen molar-refractivity contribution in [3.05, 3.63) is 23.8 Å². The number of rotatable bonds is 3. The Morgan fingerprint density at radius 3 is 2.47 bits per heavy atom. The Morgan fingerprint density at radius 1 is 1.26 bits per heavy atom. The number of likely N-dealkylation sites (N-methyl/N-ethyl adjacent to an activating group) is 1. The van der Waals surface area contributed by atoms with E-state index in [0.717, 1.165) is 5.56 Å². The SMILES string of the molecule is CN=C(N=C(N)N)N(C)CCc1ccc(O)c(O)c1. The van der Waals surface area contributed by atoms with Crippen LogP contribution in [-0.2, 0) is 6.42 Å². The van der Waals surface area contributed by atoms with E-state index >= 15 is 0 Å². The molecule has 1 rings (SSSR count). The molecule has 0 radical (unpaired) electrons. The first-order valence-corrected chi connectivity index (χ1v) is 5.72. The molecule has 1 aromatic carbocycles. The standard InChI is InChI=1S/C12H19N5O2/c1-15-12(16-11(13)14)17(2)6-5-8-3-4-9(18)10(19)7-8/h3-4,7,18-19H,5-6H2,1-2H3,(H4,13,14,15,16). The summed E-state index contributed by atoms with van der Waals surface area (Å²) in [5, 5.41) is 18.6. The summed E-state index contributed by atoms with van der Waals surface area (Å²) >= 11 is 0. The third kappa shape index (κ3) is 4.38. The van der Waals surface area contributed by atoms with Gasteiger partial charge in [0.15, 0.2) is 17.5 Å². The topological polar surface area (TPSA) is 120 Å². The van der Waals surface area contributed by atoms with Gasteiger partial charge in [0.25, 0.3) is 0 Å². The molecule has 0 aliphatic carbocycles. The van der Waals surface area contributed by atoms with E-state index in [4.69, 9.17) is 11.5 Å². The summed E-state index contributed by atoms with van der Waals surface area (Å²) in [4.78, 5) is 9.67. The second kappa shape index (κ2) is 6.48. The van der Waals surface area contributed by atoms with Crippen molar-refractivity contribution < 1.29 is 10.2 Å². The molecular formula is C12H19N5O2. The van der Waals surface area contributed by atoms with Crippen LogP contribution in [0.25, 0.3) is 0 Å². The van der Waals surface area contributed by atoms with E-state index in [1.807, 2.05) is 7.05 Å². The second-order valence-corrected chi connectivity index (χ2v) is 4.05. The number of phenolic OH excluding ortho intramolecular Hbond substituents is 2. The van der Waals surface area contributed by atoms with Crippen LogP contribution in [-0.4, -0.2) is 47.7 Å². The lowest BCUT2D eigenvalue weighted by atomic mass is 10.1. The average Bonchev–Trinajstić information content (AvgIpc) is 2.36. The zero-order valence-corrected chi connectivity index (χ0v) is 11.0. The van der Waals surface area contributed by atoms with Crippen LogP contribution in [0, 0.1) is 0 Å². The number of nitrogens with two attached hydrogens (primary N) is 2. The zero-order valence-electron chi connectivity index (χ0n) is 11.0. The summed E-state index contributed by atoms with van der Waals surface area (Å²) in [6, 6.07) is 4.72. The highest BCUT2D eigenvalue weighted by Crippen LogP contribution is 2.24. The third-order valence-electron chi connectivity index (χ3n) is 2.55. The van der Waals surface area contributed by atoms with Gasteiger partial charge in [-0.1, -0.05) is 6.07 Å². The molecular weight excluding hydrogens is 246 g/mol. The normalized spacial score (nSPS) is 11.2. The zero-order chi connectivity index (χ0) is 14.4.